The first kappa shape index (κ1) is 28.0. The maximum Gasteiger partial charge on any atom is 0.243 e. The maximum atomic E-state index is 13.7. The molecule has 3 aromatic carbocycles. The van der Waals surface area contributed by atoms with Crippen LogP contribution in [0.3, 0.4) is 0 Å². The summed E-state index contributed by atoms with van der Waals surface area (Å²) in [6, 6.07) is 27.6. The Kier molecular flexibility index (Phi) is 11.6. The molecule has 0 unspecified atom stereocenters. The number of thioether (sulfide) groups is 1. The molecule has 0 aliphatic rings. The lowest BCUT2D eigenvalue weighted by atomic mass is 10.0. The fraction of sp³-hybridized carbons (Fsp3) is 0.333. The van der Waals surface area contributed by atoms with Crippen LogP contribution in [-0.2, 0) is 28.3 Å². The van der Waals surface area contributed by atoms with E-state index in [0.29, 0.717) is 25.1 Å². The van der Waals surface area contributed by atoms with Crippen molar-refractivity contribution in [3.63, 3.8) is 0 Å². The van der Waals surface area contributed by atoms with Gasteiger partial charge in [-0.15, -0.1) is 0 Å². The van der Waals surface area contributed by atoms with Gasteiger partial charge in [-0.05, 0) is 42.2 Å². The number of halogens is 1. The molecule has 3 rings (SSSR count). The molecular weight excluding hydrogens is 532 g/mol. The van der Waals surface area contributed by atoms with Crippen LogP contribution in [0, 0.1) is 0 Å². The third-order valence-corrected chi connectivity index (χ3v) is 7.61. The average molecular weight is 568 g/mol. The highest BCUT2D eigenvalue weighted by atomic mass is 79.9. The summed E-state index contributed by atoms with van der Waals surface area (Å²) < 4.78 is 0.953. The van der Waals surface area contributed by atoms with Crippen molar-refractivity contribution in [2.45, 2.75) is 57.5 Å². The normalized spacial score (nSPS) is 12.5. The van der Waals surface area contributed by atoms with Gasteiger partial charge < -0.3 is 10.2 Å². The number of nitrogens with zero attached hydrogens (tertiary/aromatic N) is 1. The van der Waals surface area contributed by atoms with Gasteiger partial charge in [0, 0.05) is 41.4 Å². The number of amides is 2. The van der Waals surface area contributed by atoms with Crippen molar-refractivity contribution in [2.24, 2.45) is 0 Å². The molecule has 0 bridgehead atoms. The Hall–Kier alpha value is -2.57. The van der Waals surface area contributed by atoms with Crippen LogP contribution in [0.25, 0.3) is 0 Å². The Morgan fingerprint density at radius 3 is 2.19 bits per heavy atom. The van der Waals surface area contributed by atoms with Gasteiger partial charge in [-0.2, -0.15) is 11.8 Å². The van der Waals surface area contributed by atoms with E-state index in [-0.39, 0.29) is 17.9 Å². The molecule has 0 radical (unpaired) electrons. The lowest BCUT2D eigenvalue weighted by molar-refractivity contribution is -0.141. The summed E-state index contributed by atoms with van der Waals surface area (Å²) in [6.07, 6.45) is 1.69. The highest BCUT2D eigenvalue weighted by molar-refractivity contribution is 9.10. The monoisotopic (exact) mass is 566 g/mol. The summed E-state index contributed by atoms with van der Waals surface area (Å²) in [5.41, 5.74) is 3.27. The first-order chi connectivity index (χ1) is 17.5. The highest BCUT2D eigenvalue weighted by Crippen LogP contribution is 2.20. The van der Waals surface area contributed by atoms with Gasteiger partial charge >= 0.3 is 0 Å². The molecule has 0 spiro atoms. The quantitative estimate of drug-likeness (QED) is 0.236. The molecule has 190 valence electrons. The minimum Gasteiger partial charge on any atom is -0.352 e. The number of benzene rings is 3. The second kappa shape index (κ2) is 14.9. The smallest absolute Gasteiger partial charge is 0.243 e. The van der Waals surface area contributed by atoms with Gasteiger partial charge in [0.1, 0.15) is 6.04 Å². The molecule has 2 atom stereocenters. The van der Waals surface area contributed by atoms with E-state index < -0.39 is 6.04 Å². The van der Waals surface area contributed by atoms with Crippen molar-refractivity contribution < 1.29 is 9.59 Å². The summed E-state index contributed by atoms with van der Waals surface area (Å²) in [7, 11) is 0. The number of hydrogen-bond donors (Lipinski definition) is 1. The van der Waals surface area contributed by atoms with Crippen LogP contribution >= 0.6 is 27.7 Å². The van der Waals surface area contributed by atoms with Crippen molar-refractivity contribution in [1.82, 2.24) is 10.2 Å². The number of carbonyl (C=O) groups excluding carboxylic acids is 2. The standard InChI is InChI=1S/C30H35BrN2O2S/c1-3-23(2)32-30(35)28(20-24-11-6-4-7-12-24)33(21-26-15-10-16-27(31)19-26)29(34)17-18-36-22-25-13-8-5-9-14-25/h4-16,19,23,28H,3,17-18,20-22H2,1-2H3,(H,32,35)/t23-,28-/m1/s1. The Bertz CT molecular complexity index is 1090. The Morgan fingerprint density at radius 2 is 1.56 bits per heavy atom. The molecule has 0 saturated carbocycles. The molecule has 36 heavy (non-hydrogen) atoms. The average Bonchev–Trinajstić information content (AvgIpc) is 2.89. The lowest BCUT2D eigenvalue weighted by Crippen LogP contribution is -2.52. The molecule has 6 heteroatoms. The molecule has 2 amide bonds. The van der Waals surface area contributed by atoms with Crippen LogP contribution in [0.1, 0.15) is 43.4 Å². The van der Waals surface area contributed by atoms with Gasteiger partial charge in [-0.1, -0.05) is 95.7 Å². The Balaban J connectivity index is 1.80. The van der Waals surface area contributed by atoms with Crippen molar-refractivity contribution in [3.05, 3.63) is 106 Å². The van der Waals surface area contributed by atoms with E-state index in [2.05, 4.69) is 33.4 Å². The maximum absolute atomic E-state index is 13.7. The van der Waals surface area contributed by atoms with E-state index in [1.165, 1.54) is 5.56 Å². The molecule has 0 aromatic heterocycles. The largest absolute Gasteiger partial charge is 0.352 e. The van der Waals surface area contributed by atoms with E-state index in [1.54, 1.807) is 16.7 Å². The summed E-state index contributed by atoms with van der Waals surface area (Å²) in [6.45, 7) is 4.43. The van der Waals surface area contributed by atoms with Gasteiger partial charge in [0.2, 0.25) is 11.8 Å². The van der Waals surface area contributed by atoms with Gasteiger partial charge in [-0.3, -0.25) is 9.59 Å². The zero-order valence-electron chi connectivity index (χ0n) is 21.0. The van der Waals surface area contributed by atoms with E-state index in [1.807, 2.05) is 86.6 Å². The fourth-order valence-corrected chi connectivity index (χ4v) is 5.23. The molecule has 0 saturated heterocycles. The SMILES string of the molecule is CC[C@@H](C)NC(=O)[C@@H](Cc1ccccc1)N(Cc1cccc(Br)c1)C(=O)CCSCc1ccccc1. The molecule has 0 aliphatic heterocycles. The first-order valence-corrected chi connectivity index (χ1v) is 14.4. The molecule has 0 aliphatic carbocycles. The third-order valence-electron chi connectivity index (χ3n) is 6.09. The first-order valence-electron chi connectivity index (χ1n) is 12.5. The summed E-state index contributed by atoms with van der Waals surface area (Å²) in [4.78, 5) is 28.9. The Labute approximate surface area is 228 Å². The van der Waals surface area contributed by atoms with Crippen molar-refractivity contribution in [2.75, 3.05) is 5.75 Å². The fourth-order valence-electron chi connectivity index (χ4n) is 3.89. The summed E-state index contributed by atoms with van der Waals surface area (Å²) >= 11 is 5.28. The van der Waals surface area contributed by atoms with Crippen LogP contribution in [0.5, 0.6) is 0 Å². The van der Waals surface area contributed by atoms with Crippen LogP contribution in [0.2, 0.25) is 0 Å². The van der Waals surface area contributed by atoms with Crippen LogP contribution < -0.4 is 5.32 Å². The van der Waals surface area contributed by atoms with Crippen molar-refractivity contribution in [1.29, 1.82) is 0 Å². The third kappa shape index (κ3) is 9.14. The number of hydrogen-bond acceptors (Lipinski definition) is 3. The van der Waals surface area contributed by atoms with Gasteiger partial charge in [-0.25, -0.2) is 0 Å². The van der Waals surface area contributed by atoms with Crippen molar-refractivity contribution in [3.8, 4) is 0 Å². The van der Waals surface area contributed by atoms with Gasteiger partial charge in [0.15, 0.2) is 0 Å². The van der Waals surface area contributed by atoms with Crippen molar-refractivity contribution >= 4 is 39.5 Å². The topological polar surface area (TPSA) is 49.4 Å². The predicted molar refractivity (Wildman–Crippen MR) is 154 cm³/mol. The van der Waals surface area contributed by atoms with Crippen LogP contribution in [0.4, 0.5) is 0 Å². The Morgan fingerprint density at radius 1 is 0.917 bits per heavy atom. The summed E-state index contributed by atoms with van der Waals surface area (Å²) in [5, 5.41) is 3.12. The second-order valence-corrected chi connectivity index (χ2v) is 11.0. The molecule has 3 aromatic rings. The predicted octanol–water partition coefficient (Wildman–Crippen LogP) is 6.63. The van der Waals surface area contributed by atoms with Crippen LogP contribution in [0.15, 0.2) is 89.4 Å². The molecule has 0 fully saturated rings. The van der Waals surface area contributed by atoms with E-state index >= 15 is 0 Å². The van der Waals surface area contributed by atoms with Crippen LogP contribution in [-0.4, -0.2) is 34.6 Å². The second-order valence-electron chi connectivity index (χ2n) is 8.96. The van der Waals surface area contributed by atoms with Gasteiger partial charge in [0.05, 0.1) is 0 Å². The highest BCUT2D eigenvalue weighted by Gasteiger charge is 2.30. The molecule has 0 heterocycles. The minimum atomic E-state index is -0.591. The zero-order valence-corrected chi connectivity index (χ0v) is 23.4. The van der Waals surface area contributed by atoms with Gasteiger partial charge in [0.25, 0.3) is 0 Å². The molecular formula is C30H35BrN2O2S. The van der Waals surface area contributed by atoms with E-state index in [4.69, 9.17) is 0 Å². The minimum absolute atomic E-state index is 0.00392. The zero-order chi connectivity index (χ0) is 25.8. The van der Waals surface area contributed by atoms with E-state index in [0.717, 1.165) is 27.8 Å². The number of nitrogens with one attached hydrogen (secondary N) is 1. The molecule has 4 nitrogen and oxygen atoms in total. The molecule has 1 N–H and O–H groups in total. The summed E-state index contributed by atoms with van der Waals surface area (Å²) in [5.74, 6) is 1.46. The van der Waals surface area contributed by atoms with E-state index in [9.17, 15) is 9.59 Å². The number of carbonyl (C=O) groups is 2. The number of rotatable bonds is 13. The lowest BCUT2D eigenvalue weighted by Gasteiger charge is -2.32.